The van der Waals surface area contributed by atoms with Crippen LogP contribution in [0.5, 0.6) is 0 Å². The molecule has 6 rings (SSSR count). The van der Waals surface area contributed by atoms with E-state index in [0.29, 0.717) is 5.92 Å². The number of aryl methyl sites for hydroxylation is 1. The Hall–Kier alpha value is -5.40. The molecule has 0 bridgehead atoms. The van der Waals surface area contributed by atoms with E-state index in [1.807, 2.05) is 0 Å². The Kier molecular flexibility index (Phi) is 10.6. The summed E-state index contributed by atoms with van der Waals surface area (Å²) >= 11 is 0. The largest absolute Gasteiger partial charge is 0.311 e. The molecule has 1 atom stereocenters. The number of hydrogen-bond acceptors (Lipinski definition) is 1. The fourth-order valence-corrected chi connectivity index (χ4v) is 6.29. The molecule has 1 aliphatic rings. The Labute approximate surface area is 300 Å². The topological polar surface area (TPSA) is 3.24 Å². The minimum atomic E-state index is 0.155. The first-order valence-corrected chi connectivity index (χ1v) is 17.8. The van der Waals surface area contributed by atoms with Crippen LogP contribution in [0.2, 0.25) is 0 Å². The van der Waals surface area contributed by atoms with Gasteiger partial charge in [0.15, 0.2) is 0 Å². The number of benzene rings is 5. The zero-order valence-corrected chi connectivity index (χ0v) is 30.4. The first kappa shape index (κ1) is 34.5. The van der Waals surface area contributed by atoms with E-state index in [2.05, 4.69) is 216 Å². The quantitative estimate of drug-likeness (QED) is 0.143. The number of hydrogen-bond donors (Lipinski definition) is 0. The molecule has 1 nitrogen and oxygen atoms in total. The molecular weight excluding hydrogens is 603 g/mol. The summed E-state index contributed by atoms with van der Waals surface area (Å²) in [7, 11) is 0. The summed E-state index contributed by atoms with van der Waals surface area (Å²) in [6, 6.07) is 44.0. The molecular formula is C49H49N. The number of rotatable bonds is 9. The van der Waals surface area contributed by atoms with Gasteiger partial charge in [-0.25, -0.2) is 0 Å². The van der Waals surface area contributed by atoms with Gasteiger partial charge in [-0.3, -0.25) is 0 Å². The van der Waals surface area contributed by atoms with Crippen LogP contribution in [0.25, 0.3) is 30.4 Å². The van der Waals surface area contributed by atoms with Gasteiger partial charge in [-0.05, 0) is 107 Å². The average Bonchev–Trinajstić information content (AvgIpc) is 3.12. The second-order valence-corrected chi connectivity index (χ2v) is 14.7. The summed E-state index contributed by atoms with van der Waals surface area (Å²) in [6.07, 6.45) is 18.9. The molecule has 0 aromatic heterocycles. The lowest BCUT2D eigenvalue weighted by Crippen LogP contribution is -2.10. The van der Waals surface area contributed by atoms with Gasteiger partial charge >= 0.3 is 0 Å². The van der Waals surface area contributed by atoms with Gasteiger partial charge in [0.05, 0.1) is 0 Å². The van der Waals surface area contributed by atoms with E-state index < -0.39 is 0 Å². The maximum Gasteiger partial charge on any atom is 0.0462 e. The van der Waals surface area contributed by atoms with Crippen LogP contribution in [0.15, 0.2) is 151 Å². The molecule has 0 heterocycles. The van der Waals surface area contributed by atoms with Crippen LogP contribution in [-0.4, -0.2) is 0 Å². The summed E-state index contributed by atoms with van der Waals surface area (Å²) in [4.78, 5) is 2.33. The molecule has 1 unspecified atom stereocenters. The van der Waals surface area contributed by atoms with Crippen molar-refractivity contribution in [3.05, 3.63) is 190 Å². The standard InChI is InChI=1S/C49H49N/c1-36-7-10-39(11-8-36)12-14-41-19-29-46(30-20-41)50(48-33-23-43(24-34-48)16-26-44-25-9-37(2)35-38(44)3)47-31-21-42(22-32-47)15-13-40-17-27-45(28-18-40)49(4,5)6/h7-34,38H,35H2,1-6H3/b14-12+,15-13+,26-16+. The van der Waals surface area contributed by atoms with Crippen LogP contribution in [0.1, 0.15) is 80.0 Å². The van der Waals surface area contributed by atoms with E-state index in [1.54, 1.807) is 0 Å². The highest BCUT2D eigenvalue weighted by Crippen LogP contribution is 2.36. The molecule has 0 amide bonds. The van der Waals surface area contributed by atoms with Gasteiger partial charge in [-0.2, -0.15) is 0 Å². The molecule has 0 saturated carbocycles. The van der Waals surface area contributed by atoms with Crippen molar-refractivity contribution in [2.24, 2.45) is 5.92 Å². The predicted octanol–water partition coefficient (Wildman–Crippen LogP) is 14.0. The van der Waals surface area contributed by atoms with Crippen LogP contribution < -0.4 is 4.90 Å². The van der Waals surface area contributed by atoms with Crippen molar-refractivity contribution in [2.45, 2.75) is 53.4 Å². The summed E-state index contributed by atoms with van der Waals surface area (Å²) in [5, 5.41) is 0. The smallest absolute Gasteiger partial charge is 0.0462 e. The minimum Gasteiger partial charge on any atom is -0.311 e. The number of nitrogens with zero attached hydrogens (tertiary/aromatic N) is 1. The lowest BCUT2D eigenvalue weighted by Gasteiger charge is -2.26. The van der Waals surface area contributed by atoms with Crippen molar-refractivity contribution in [2.75, 3.05) is 4.90 Å². The first-order valence-electron chi connectivity index (χ1n) is 17.8. The van der Waals surface area contributed by atoms with Crippen molar-refractivity contribution in [3.8, 4) is 0 Å². The predicted molar refractivity (Wildman–Crippen MR) is 220 cm³/mol. The molecule has 5 aromatic rings. The van der Waals surface area contributed by atoms with Crippen LogP contribution in [0.3, 0.4) is 0 Å². The molecule has 0 fully saturated rings. The zero-order chi connectivity index (χ0) is 35.1. The second kappa shape index (κ2) is 15.4. The van der Waals surface area contributed by atoms with Gasteiger partial charge in [-0.15, -0.1) is 0 Å². The molecule has 50 heavy (non-hydrogen) atoms. The van der Waals surface area contributed by atoms with Crippen molar-refractivity contribution >= 4 is 47.4 Å². The first-order chi connectivity index (χ1) is 24.1. The Morgan fingerprint density at radius 2 is 0.840 bits per heavy atom. The molecule has 5 aromatic carbocycles. The van der Waals surface area contributed by atoms with Crippen molar-refractivity contribution in [1.82, 2.24) is 0 Å². The zero-order valence-electron chi connectivity index (χ0n) is 30.4. The number of allylic oxidation sites excluding steroid dienone is 5. The molecule has 0 saturated heterocycles. The van der Waals surface area contributed by atoms with E-state index in [4.69, 9.17) is 0 Å². The van der Waals surface area contributed by atoms with Gasteiger partial charge in [-0.1, -0.05) is 172 Å². The summed E-state index contributed by atoms with van der Waals surface area (Å²) < 4.78 is 0. The van der Waals surface area contributed by atoms with Gasteiger partial charge in [0.1, 0.15) is 0 Å². The van der Waals surface area contributed by atoms with Gasteiger partial charge in [0, 0.05) is 17.1 Å². The van der Waals surface area contributed by atoms with Gasteiger partial charge in [0.2, 0.25) is 0 Å². The highest BCUT2D eigenvalue weighted by molar-refractivity contribution is 5.80. The van der Waals surface area contributed by atoms with E-state index in [9.17, 15) is 0 Å². The summed E-state index contributed by atoms with van der Waals surface area (Å²) in [6.45, 7) is 13.4. The summed E-state index contributed by atoms with van der Waals surface area (Å²) in [5.74, 6) is 0.549. The van der Waals surface area contributed by atoms with Crippen LogP contribution >= 0.6 is 0 Å². The van der Waals surface area contributed by atoms with E-state index in [0.717, 1.165) is 23.5 Å². The minimum absolute atomic E-state index is 0.155. The average molecular weight is 652 g/mol. The van der Waals surface area contributed by atoms with E-state index in [-0.39, 0.29) is 5.41 Å². The second-order valence-electron chi connectivity index (χ2n) is 14.7. The van der Waals surface area contributed by atoms with E-state index >= 15 is 0 Å². The lowest BCUT2D eigenvalue weighted by atomic mass is 9.87. The van der Waals surface area contributed by atoms with Crippen molar-refractivity contribution in [1.29, 1.82) is 0 Å². The fraction of sp³-hybridized carbons (Fsp3) is 0.184. The maximum absolute atomic E-state index is 2.33. The highest BCUT2D eigenvalue weighted by Gasteiger charge is 2.14. The molecule has 1 aliphatic carbocycles. The molecule has 0 spiro atoms. The van der Waals surface area contributed by atoms with Crippen molar-refractivity contribution in [3.63, 3.8) is 0 Å². The maximum atomic E-state index is 2.33. The Balaban J connectivity index is 1.25. The molecule has 250 valence electrons. The Morgan fingerprint density at radius 1 is 0.480 bits per heavy atom. The van der Waals surface area contributed by atoms with Crippen LogP contribution in [0, 0.1) is 12.8 Å². The molecule has 0 radical (unpaired) electrons. The van der Waals surface area contributed by atoms with Gasteiger partial charge in [0.25, 0.3) is 0 Å². The third-order valence-electron chi connectivity index (χ3n) is 9.47. The van der Waals surface area contributed by atoms with Crippen LogP contribution in [-0.2, 0) is 5.41 Å². The monoisotopic (exact) mass is 651 g/mol. The van der Waals surface area contributed by atoms with E-state index in [1.165, 1.54) is 50.1 Å². The fourth-order valence-electron chi connectivity index (χ4n) is 6.29. The molecule has 0 aliphatic heterocycles. The lowest BCUT2D eigenvalue weighted by molar-refractivity contribution is 0.590. The number of anilines is 3. The SMILES string of the molecule is CC1=CC=C(/C=C/c2ccc(N(c3ccc(/C=C/c4ccc(C)cc4)cc3)c3ccc(/C=C/c4ccc(C(C)(C)C)cc4)cc3)cc2)C(C)C1. The highest BCUT2D eigenvalue weighted by atomic mass is 15.1. The third kappa shape index (κ3) is 8.98. The normalized spacial score (nSPS) is 15.1. The van der Waals surface area contributed by atoms with Crippen LogP contribution in [0.4, 0.5) is 17.1 Å². The summed E-state index contributed by atoms with van der Waals surface area (Å²) in [5.41, 5.74) is 14.9. The molecule has 1 heteroatoms. The molecule has 0 N–H and O–H groups in total. The Bertz CT molecular complexity index is 2020. The van der Waals surface area contributed by atoms with Crippen molar-refractivity contribution < 1.29 is 0 Å². The Morgan fingerprint density at radius 3 is 1.22 bits per heavy atom. The van der Waals surface area contributed by atoms with Gasteiger partial charge < -0.3 is 4.90 Å². The third-order valence-corrected chi connectivity index (χ3v) is 9.47.